The minimum absolute atomic E-state index is 0.217. The van der Waals surface area contributed by atoms with Crippen LogP contribution in [0.1, 0.15) is 51.2 Å². The van der Waals surface area contributed by atoms with Crippen molar-refractivity contribution in [1.29, 1.82) is 0 Å². The molecule has 0 aliphatic heterocycles. The second-order valence-electron chi connectivity index (χ2n) is 7.00. The Bertz CT molecular complexity index is 524. The van der Waals surface area contributed by atoms with Crippen LogP contribution in [0.2, 0.25) is 0 Å². The second kappa shape index (κ2) is 6.62. The van der Waals surface area contributed by atoms with Gasteiger partial charge < -0.3 is 5.32 Å². The molecule has 21 heavy (non-hydrogen) atoms. The summed E-state index contributed by atoms with van der Waals surface area (Å²) in [6.45, 7) is 11.9. The fourth-order valence-electron chi connectivity index (χ4n) is 3.46. The number of rotatable bonds is 4. The Morgan fingerprint density at radius 2 is 2.00 bits per heavy atom. The van der Waals surface area contributed by atoms with Crippen LogP contribution in [-0.2, 0) is 10.8 Å². The van der Waals surface area contributed by atoms with Gasteiger partial charge in [-0.1, -0.05) is 33.3 Å². The standard InChI is InChI=1S/C18H29NOS/c1-6-19-17-16(8-7-11-18(17,4)5)21(20)15-10-9-13(2)14(3)12-15/h9-10,12,16-17,19H,6-8,11H2,1-5H3. The summed E-state index contributed by atoms with van der Waals surface area (Å²) in [7, 11) is -0.929. The first-order chi connectivity index (χ1) is 9.86. The SMILES string of the molecule is CCNC1C(S(=O)c2ccc(C)c(C)c2)CCCC1(C)C. The van der Waals surface area contributed by atoms with E-state index in [0.29, 0.717) is 6.04 Å². The van der Waals surface area contributed by atoms with Crippen molar-refractivity contribution in [2.75, 3.05) is 6.54 Å². The lowest BCUT2D eigenvalue weighted by Gasteiger charge is -2.44. The van der Waals surface area contributed by atoms with Crippen LogP contribution in [0.15, 0.2) is 23.1 Å². The van der Waals surface area contributed by atoms with E-state index in [2.05, 4.69) is 52.1 Å². The van der Waals surface area contributed by atoms with E-state index in [1.165, 1.54) is 24.0 Å². The average molecular weight is 308 g/mol. The van der Waals surface area contributed by atoms with Gasteiger partial charge >= 0.3 is 0 Å². The molecule has 1 fully saturated rings. The van der Waals surface area contributed by atoms with Crippen molar-refractivity contribution < 1.29 is 4.21 Å². The third-order valence-corrected chi connectivity index (χ3v) is 6.71. The smallest absolute Gasteiger partial charge is 0.0576 e. The third kappa shape index (κ3) is 3.57. The van der Waals surface area contributed by atoms with Gasteiger partial charge in [0.05, 0.1) is 16.0 Å². The van der Waals surface area contributed by atoms with Crippen molar-refractivity contribution in [3.05, 3.63) is 29.3 Å². The molecule has 3 unspecified atom stereocenters. The van der Waals surface area contributed by atoms with Crippen molar-refractivity contribution >= 4 is 10.8 Å². The van der Waals surface area contributed by atoms with E-state index in [-0.39, 0.29) is 10.7 Å². The van der Waals surface area contributed by atoms with Gasteiger partial charge in [-0.3, -0.25) is 4.21 Å². The zero-order valence-electron chi connectivity index (χ0n) is 14.0. The van der Waals surface area contributed by atoms with Crippen LogP contribution in [0, 0.1) is 19.3 Å². The Morgan fingerprint density at radius 3 is 2.62 bits per heavy atom. The highest BCUT2D eigenvalue weighted by Gasteiger charge is 2.41. The molecule has 3 heteroatoms. The lowest BCUT2D eigenvalue weighted by Crippen LogP contribution is -2.53. The molecule has 2 rings (SSSR count). The molecule has 1 aliphatic carbocycles. The van der Waals surface area contributed by atoms with E-state index < -0.39 is 10.8 Å². The van der Waals surface area contributed by atoms with Crippen LogP contribution in [0.4, 0.5) is 0 Å². The molecule has 1 aromatic carbocycles. The number of nitrogens with one attached hydrogen (secondary N) is 1. The monoisotopic (exact) mass is 307 g/mol. The lowest BCUT2D eigenvalue weighted by atomic mass is 9.73. The second-order valence-corrected chi connectivity index (χ2v) is 8.67. The first kappa shape index (κ1) is 16.7. The summed E-state index contributed by atoms with van der Waals surface area (Å²) in [4.78, 5) is 0.990. The Hall–Kier alpha value is -0.670. The molecule has 1 aliphatic rings. The number of hydrogen-bond donors (Lipinski definition) is 1. The van der Waals surface area contributed by atoms with Gasteiger partial charge in [0, 0.05) is 10.9 Å². The molecule has 1 N–H and O–H groups in total. The van der Waals surface area contributed by atoms with Crippen molar-refractivity contribution in [3.8, 4) is 0 Å². The van der Waals surface area contributed by atoms with E-state index >= 15 is 0 Å². The van der Waals surface area contributed by atoms with Crippen LogP contribution in [0.25, 0.3) is 0 Å². The average Bonchev–Trinajstić information content (AvgIpc) is 2.43. The predicted octanol–water partition coefficient (Wildman–Crippen LogP) is 3.97. The largest absolute Gasteiger partial charge is 0.313 e. The van der Waals surface area contributed by atoms with Gasteiger partial charge in [-0.25, -0.2) is 0 Å². The Morgan fingerprint density at radius 1 is 1.29 bits per heavy atom. The fourth-order valence-corrected chi connectivity index (χ4v) is 5.39. The van der Waals surface area contributed by atoms with E-state index in [1.54, 1.807) is 0 Å². The molecule has 1 saturated carbocycles. The molecule has 1 aromatic rings. The maximum Gasteiger partial charge on any atom is 0.0576 e. The third-order valence-electron chi connectivity index (χ3n) is 4.93. The molecular weight excluding hydrogens is 278 g/mol. The lowest BCUT2D eigenvalue weighted by molar-refractivity contribution is 0.174. The molecule has 2 nitrogen and oxygen atoms in total. The van der Waals surface area contributed by atoms with Gasteiger partial charge in [0.2, 0.25) is 0 Å². The van der Waals surface area contributed by atoms with E-state index in [1.807, 2.05) is 6.07 Å². The Labute approximate surface area is 132 Å². The summed E-state index contributed by atoms with van der Waals surface area (Å²) < 4.78 is 13.1. The van der Waals surface area contributed by atoms with E-state index in [0.717, 1.165) is 17.9 Å². The maximum absolute atomic E-state index is 13.1. The first-order valence-corrected chi connectivity index (χ1v) is 9.29. The van der Waals surface area contributed by atoms with Gasteiger partial charge in [0.25, 0.3) is 0 Å². The van der Waals surface area contributed by atoms with E-state index in [4.69, 9.17) is 0 Å². The molecule has 0 aromatic heterocycles. The zero-order valence-corrected chi connectivity index (χ0v) is 14.8. The molecule has 3 atom stereocenters. The molecule has 0 spiro atoms. The number of aryl methyl sites for hydroxylation is 2. The van der Waals surface area contributed by atoms with Crippen LogP contribution in [-0.4, -0.2) is 22.0 Å². The Kier molecular flexibility index (Phi) is 5.26. The normalized spacial score (nSPS) is 26.5. The Balaban J connectivity index is 2.28. The summed E-state index contributed by atoms with van der Waals surface area (Å²) in [6, 6.07) is 6.58. The number of hydrogen-bond acceptors (Lipinski definition) is 2. The summed E-state index contributed by atoms with van der Waals surface area (Å²) in [6.07, 6.45) is 3.45. The van der Waals surface area contributed by atoms with Gasteiger partial charge in [-0.15, -0.1) is 0 Å². The highest BCUT2D eigenvalue weighted by Crippen LogP contribution is 2.39. The van der Waals surface area contributed by atoms with Crippen LogP contribution < -0.4 is 5.32 Å². The summed E-state index contributed by atoms with van der Waals surface area (Å²) >= 11 is 0. The molecular formula is C18H29NOS. The van der Waals surface area contributed by atoms with E-state index in [9.17, 15) is 4.21 Å². The van der Waals surface area contributed by atoms with Crippen LogP contribution in [0.5, 0.6) is 0 Å². The highest BCUT2D eigenvalue weighted by atomic mass is 32.2. The molecule has 0 heterocycles. The molecule has 0 saturated heterocycles. The van der Waals surface area contributed by atoms with Gasteiger partial charge in [0.1, 0.15) is 0 Å². The summed E-state index contributed by atoms with van der Waals surface area (Å²) in [5.41, 5.74) is 2.72. The predicted molar refractivity (Wildman–Crippen MR) is 91.2 cm³/mol. The minimum Gasteiger partial charge on any atom is -0.313 e. The van der Waals surface area contributed by atoms with Crippen LogP contribution >= 0.6 is 0 Å². The quantitative estimate of drug-likeness (QED) is 0.912. The topological polar surface area (TPSA) is 29.1 Å². The highest BCUT2D eigenvalue weighted by molar-refractivity contribution is 7.85. The number of benzene rings is 1. The van der Waals surface area contributed by atoms with Crippen LogP contribution in [0.3, 0.4) is 0 Å². The molecule has 0 bridgehead atoms. The molecule has 118 valence electrons. The van der Waals surface area contributed by atoms with Crippen molar-refractivity contribution in [2.24, 2.45) is 5.41 Å². The van der Waals surface area contributed by atoms with Crippen molar-refractivity contribution in [3.63, 3.8) is 0 Å². The van der Waals surface area contributed by atoms with Gasteiger partial charge in [0.15, 0.2) is 0 Å². The first-order valence-electron chi connectivity index (χ1n) is 8.08. The van der Waals surface area contributed by atoms with Gasteiger partial charge in [-0.05, 0) is 61.9 Å². The maximum atomic E-state index is 13.1. The fraction of sp³-hybridized carbons (Fsp3) is 0.667. The zero-order chi connectivity index (χ0) is 15.6. The van der Waals surface area contributed by atoms with Crippen molar-refractivity contribution in [1.82, 2.24) is 5.32 Å². The minimum atomic E-state index is -0.929. The molecule has 0 radical (unpaired) electrons. The van der Waals surface area contributed by atoms with Crippen molar-refractivity contribution in [2.45, 2.75) is 70.1 Å². The summed E-state index contributed by atoms with van der Waals surface area (Å²) in [5.74, 6) is 0. The van der Waals surface area contributed by atoms with Gasteiger partial charge in [-0.2, -0.15) is 0 Å². The molecule has 0 amide bonds. The summed E-state index contributed by atoms with van der Waals surface area (Å²) in [5, 5.41) is 3.83.